The number of aliphatic hydroxyl groups excluding tert-OH is 1. The molecule has 2 aliphatic rings. The van der Waals surface area contributed by atoms with Gasteiger partial charge < -0.3 is 9.84 Å². The number of hydrogen-bond donors (Lipinski definition) is 1. The van der Waals surface area contributed by atoms with E-state index in [1.807, 2.05) is 63.2 Å². The number of ketones is 1. The standard InChI is InChI=1S/C31H28N2O4S/c1-5-19-6-8-20(9-7-19)27-25(28(34)21-10-11-23-22(15-21)14-18(4)37-23)29(35)30(36)33(27)31-32-26-17(3)12-16(2)13-24(26)38-31/h6-13,15,18,27,34H,5,14H2,1-4H3/b28-25-. The number of anilines is 1. The largest absolute Gasteiger partial charge is 0.507 e. The van der Waals surface area contributed by atoms with Crippen LogP contribution in [-0.4, -0.2) is 27.9 Å². The first-order valence-corrected chi connectivity index (χ1v) is 13.6. The molecule has 0 aliphatic carbocycles. The number of aromatic nitrogens is 1. The lowest BCUT2D eigenvalue weighted by Crippen LogP contribution is -2.29. The van der Waals surface area contributed by atoms with Gasteiger partial charge in [-0.3, -0.25) is 14.5 Å². The number of rotatable bonds is 4. The molecule has 6 nitrogen and oxygen atoms in total. The van der Waals surface area contributed by atoms with Gasteiger partial charge in [-0.1, -0.05) is 48.6 Å². The van der Waals surface area contributed by atoms with Crippen molar-refractivity contribution in [2.45, 2.75) is 52.7 Å². The summed E-state index contributed by atoms with van der Waals surface area (Å²) in [5, 5.41) is 12.0. The number of carbonyl (C=O) groups is 2. The van der Waals surface area contributed by atoms with Gasteiger partial charge >= 0.3 is 5.91 Å². The predicted octanol–water partition coefficient (Wildman–Crippen LogP) is 6.43. The maximum absolute atomic E-state index is 13.6. The van der Waals surface area contributed by atoms with E-state index in [9.17, 15) is 14.7 Å². The molecule has 0 saturated carbocycles. The van der Waals surface area contributed by atoms with Gasteiger partial charge in [0.1, 0.15) is 17.6 Å². The van der Waals surface area contributed by atoms with Crippen LogP contribution in [0.4, 0.5) is 5.13 Å². The molecule has 192 valence electrons. The average Bonchev–Trinajstić information content (AvgIpc) is 3.56. The molecule has 2 unspecified atom stereocenters. The van der Waals surface area contributed by atoms with Crippen molar-refractivity contribution in [3.05, 3.63) is 93.6 Å². The van der Waals surface area contributed by atoms with E-state index in [0.29, 0.717) is 10.7 Å². The molecule has 1 amide bonds. The summed E-state index contributed by atoms with van der Waals surface area (Å²) in [5.74, 6) is -0.820. The van der Waals surface area contributed by atoms with Crippen molar-refractivity contribution < 1.29 is 19.4 Å². The van der Waals surface area contributed by atoms with Gasteiger partial charge in [0.25, 0.3) is 5.78 Å². The number of nitrogens with zero attached hydrogens (tertiary/aromatic N) is 2. The van der Waals surface area contributed by atoms with Gasteiger partial charge in [0, 0.05) is 12.0 Å². The summed E-state index contributed by atoms with van der Waals surface area (Å²) in [4.78, 5) is 33.4. The molecule has 1 N–H and O–H groups in total. The first-order chi connectivity index (χ1) is 18.2. The highest BCUT2D eigenvalue weighted by atomic mass is 32.1. The lowest BCUT2D eigenvalue weighted by atomic mass is 9.94. The molecule has 0 bridgehead atoms. The Morgan fingerprint density at radius 1 is 1.11 bits per heavy atom. The fraction of sp³-hybridized carbons (Fsp3) is 0.258. The maximum atomic E-state index is 13.6. The molecule has 0 radical (unpaired) electrons. The fourth-order valence-corrected chi connectivity index (χ4v) is 6.64. The first kappa shape index (κ1) is 24.4. The van der Waals surface area contributed by atoms with Gasteiger partial charge in [0.05, 0.1) is 21.8 Å². The van der Waals surface area contributed by atoms with E-state index in [1.165, 1.54) is 16.2 Å². The second-order valence-electron chi connectivity index (χ2n) is 10.1. The molecule has 38 heavy (non-hydrogen) atoms. The quantitative estimate of drug-likeness (QED) is 0.189. The van der Waals surface area contributed by atoms with Crippen LogP contribution in [0.5, 0.6) is 5.75 Å². The third kappa shape index (κ3) is 3.89. The number of benzene rings is 3. The first-order valence-electron chi connectivity index (χ1n) is 12.8. The van der Waals surface area contributed by atoms with Gasteiger partial charge in [-0.2, -0.15) is 0 Å². The Labute approximate surface area is 225 Å². The van der Waals surface area contributed by atoms with E-state index in [1.54, 1.807) is 6.07 Å². The third-order valence-corrected chi connectivity index (χ3v) is 8.34. The number of Topliss-reactive ketones (excluding diaryl/α,β-unsaturated/α-hetero) is 1. The van der Waals surface area contributed by atoms with Gasteiger partial charge in [-0.05, 0) is 79.3 Å². The Morgan fingerprint density at radius 3 is 2.61 bits per heavy atom. The highest BCUT2D eigenvalue weighted by Crippen LogP contribution is 2.45. The molecular weight excluding hydrogens is 496 g/mol. The van der Waals surface area contributed by atoms with Crippen LogP contribution in [0.1, 0.15) is 53.3 Å². The summed E-state index contributed by atoms with van der Waals surface area (Å²) in [7, 11) is 0. The van der Waals surface area contributed by atoms with E-state index < -0.39 is 17.7 Å². The molecular formula is C31H28N2O4S. The lowest BCUT2D eigenvalue weighted by molar-refractivity contribution is -0.132. The number of aliphatic hydroxyl groups is 1. The lowest BCUT2D eigenvalue weighted by Gasteiger charge is -2.23. The number of amides is 1. The molecule has 7 heteroatoms. The predicted molar refractivity (Wildman–Crippen MR) is 150 cm³/mol. The number of fused-ring (bicyclic) bond motifs is 2. The fourth-order valence-electron chi connectivity index (χ4n) is 5.47. The number of hydrogen-bond acceptors (Lipinski definition) is 6. The van der Waals surface area contributed by atoms with Crippen LogP contribution >= 0.6 is 11.3 Å². The van der Waals surface area contributed by atoms with Crippen LogP contribution in [-0.2, 0) is 22.4 Å². The van der Waals surface area contributed by atoms with Crippen molar-refractivity contribution in [2.75, 3.05) is 4.90 Å². The van der Waals surface area contributed by atoms with Crippen molar-refractivity contribution in [3.8, 4) is 5.75 Å². The molecule has 3 aromatic carbocycles. The molecule has 1 saturated heterocycles. The topological polar surface area (TPSA) is 79.7 Å². The number of thiazole rings is 1. The van der Waals surface area contributed by atoms with Gasteiger partial charge in [0.2, 0.25) is 0 Å². The monoisotopic (exact) mass is 524 g/mol. The summed E-state index contributed by atoms with van der Waals surface area (Å²) in [6.07, 6.45) is 1.64. The normalized spacial score (nSPS) is 20.3. The van der Waals surface area contributed by atoms with Crippen molar-refractivity contribution in [2.24, 2.45) is 0 Å². The third-order valence-electron chi connectivity index (χ3n) is 7.34. The average molecular weight is 525 g/mol. The molecule has 4 aromatic rings. The van der Waals surface area contributed by atoms with Gasteiger partial charge in [-0.25, -0.2) is 4.98 Å². The van der Waals surface area contributed by atoms with Crippen LogP contribution < -0.4 is 9.64 Å². The summed E-state index contributed by atoms with van der Waals surface area (Å²) < 4.78 is 6.76. The Bertz CT molecular complexity index is 1650. The summed E-state index contributed by atoms with van der Waals surface area (Å²) in [6, 6.07) is 16.5. The summed E-state index contributed by atoms with van der Waals surface area (Å²) in [5.41, 5.74) is 6.34. The number of carbonyl (C=O) groups excluding carboxylic acids is 2. The molecule has 2 atom stereocenters. The molecule has 6 rings (SSSR count). The second kappa shape index (κ2) is 9.10. The zero-order valence-electron chi connectivity index (χ0n) is 21.7. The molecule has 2 aliphatic heterocycles. The Balaban J connectivity index is 1.54. The number of aryl methyl sites for hydroxylation is 3. The van der Waals surface area contributed by atoms with E-state index in [2.05, 4.69) is 13.0 Å². The Kier molecular flexibility index (Phi) is 5.83. The van der Waals surface area contributed by atoms with Crippen molar-refractivity contribution >= 4 is 44.1 Å². The molecule has 0 spiro atoms. The van der Waals surface area contributed by atoms with Crippen molar-refractivity contribution in [3.63, 3.8) is 0 Å². The van der Waals surface area contributed by atoms with Crippen LogP contribution in [0, 0.1) is 13.8 Å². The minimum atomic E-state index is -0.800. The maximum Gasteiger partial charge on any atom is 0.301 e. The molecule has 1 fully saturated rings. The van der Waals surface area contributed by atoms with Crippen LogP contribution in [0.2, 0.25) is 0 Å². The smallest absolute Gasteiger partial charge is 0.301 e. The number of ether oxygens (including phenoxy) is 1. The van der Waals surface area contributed by atoms with Crippen LogP contribution in [0.15, 0.2) is 60.2 Å². The second-order valence-corrected chi connectivity index (χ2v) is 11.2. The molecule has 1 aromatic heterocycles. The highest BCUT2D eigenvalue weighted by molar-refractivity contribution is 7.22. The zero-order chi connectivity index (χ0) is 26.7. The van der Waals surface area contributed by atoms with Gasteiger partial charge in [0.15, 0.2) is 5.13 Å². The van der Waals surface area contributed by atoms with E-state index in [4.69, 9.17) is 9.72 Å². The van der Waals surface area contributed by atoms with E-state index in [-0.39, 0.29) is 17.4 Å². The minimum absolute atomic E-state index is 0.0520. The van der Waals surface area contributed by atoms with Crippen LogP contribution in [0.25, 0.3) is 16.0 Å². The molecule has 3 heterocycles. The Morgan fingerprint density at radius 2 is 1.87 bits per heavy atom. The van der Waals surface area contributed by atoms with Crippen LogP contribution in [0.3, 0.4) is 0 Å². The Hall–Kier alpha value is -3.97. The zero-order valence-corrected chi connectivity index (χ0v) is 22.6. The minimum Gasteiger partial charge on any atom is -0.507 e. The summed E-state index contributed by atoms with van der Waals surface area (Å²) in [6.45, 7) is 8.08. The SMILES string of the molecule is CCc1ccc(C2/C(=C(/O)c3ccc4c(c3)CC(C)O4)C(=O)C(=O)N2c2nc3c(C)cc(C)cc3s2)cc1. The highest BCUT2D eigenvalue weighted by Gasteiger charge is 2.48. The van der Waals surface area contributed by atoms with Gasteiger partial charge in [-0.15, -0.1) is 0 Å². The van der Waals surface area contributed by atoms with E-state index in [0.717, 1.165) is 56.6 Å². The summed E-state index contributed by atoms with van der Waals surface area (Å²) >= 11 is 1.38. The van der Waals surface area contributed by atoms with Crippen molar-refractivity contribution in [1.29, 1.82) is 0 Å². The van der Waals surface area contributed by atoms with Crippen molar-refractivity contribution in [1.82, 2.24) is 4.98 Å². The van der Waals surface area contributed by atoms with E-state index >= 15 is 0 Å².